The zero-order chi connectivity index (χ0) is 15.4. The van der Waals surface area contributed by atoms with Gasteiger partial charge in [0.1, 0.15) is 34.9 Å². The van der Waals surface area contributed by atoms with E-state index in [1.165, 1.54) is 13.3 Å². The molecule has 1 fully saturated rings. The summed E-state index contributed by atoms with van der Waals surface area (Å²) in [6, 6.07) is 0. The smallest absolute Gasteiger partial charge is 0.167 e. The highest BCUT2D eigenvalue weighted by atomic mass is 35.5. The molecule has 21 heavy (non-hydrogen) atoms. The van der Waals surface area contributed by atoms with Crippen LogP contribution in [-0.2, 0) is 4.74 Å². The molecule has 4 atom stereocenters. The van der Waals surface area contributed by atoms with E-state index in [0.29, 0.717) is 16.2 Å². The van der Waals surface area contributed by atoms with Crippen molar-refractivity contribution in [3.05, 3.63) is 23.2 Å². The van der Waals surface area contributed by atoms with E-state index in [9.17, 15) is 15.3 Å². The Bertz CT molecular complexity index is 687. The summed E-state index contributed by atoms with van der Waals surface area (Å²) in [5.41, 5.74) is -0.232. The number of aliphatic hydroxyl groups is 3. The third-order valence-electron chi connectivity index (χ3n) is 3.94. The molecule has 1 saturated heterocycles. The van der Waals surface area contributed by atoms with Crippen molar-refractivity contribution in [3.63, 3.8) is 0 Å². The van der Waals surface area contributed by atoms with Crippen molar-refractivity contribution in [1.29, 1.82) is 0 Å². The highest BCUT2D eigenvalue weighted by molar-refractivity contribution is 6.34. The molecular formula is C13H16ClN3O4. The number of fused-ring (bicyclic) bond motifs is 1. The van der Waals surface area contributed by atoms with Crippen molar-refractivity contribution in [3.8, 4) is 0 Å². The Kier molecular flexibility index (Phi) is 3.42. The van der Waals surface area contributed by atoms with E-state index < -0.39 is 24.0 Å². The summed E-state index contributed by atoms with van der Waals surface area (Å²) in [5.74, 6) is 0. The van der Waals surface area contributed by atoms with Gasteiger partial charge in [0, 0.05) is 6.20 Å². The molecule has 2 aromatic heterocycles. The number of aliphatic hydroxyl groups excluding tert-OH is 2. The van der Waals surface area contributed by atoms with Gasteiger partial charge in [0.25, 0.3) is 0 Å². The first-order chi connectivity index (χ1) is 9.87. The molecular weight excluding hydrogens is 298 g/mol. The number of hydrogen-bond donors (Lipinski definition) is 3. The van der Waals surface area contributed by atoms with Crippen molar-refractivity contribution in [2.75, 3.05) is 6.61 Å². The van der Waals surface area contributed by atoms with E-state index in [1.807, 2.05) is 6.92 Å². The Balaban J connectivity index is 2.15. The standard InChI is InChI=1S/C13H16ClN3O4/c1-6-3-17(11-8(6)10(14)15-5-16-11)12-13(2,20)9(19)7(4-18)21-12/h3,5,7,9,12,18-20H,4H2,1-2H3/t7-,9-,12?,13-/m1/s1. The highest BCUT2D eigenvalue weighted by Gasteiger charge is 2.53. The monoisotopic (exact) mass is 313 g/mol. The van der Waals surface area contributed by atoms with Gasteiger partial charge in [0.15, 0.2) is 6.23 Å². The van der Waals surface area contributed by atoms with Crippen LogP contribution in [0.2, 0.25) is 5.15 Å². The molecule has 0 aliphatic carbocycles. The van der Waals surface area contributed by atoms with E-state index >= 15 is 0 Å². The van der Waals surface area contributed by atoms with Gasteiger partial charge < -0.3 is 24.6 Å². The molecule has 3 rings (SSSR count). The van der Waals surface area contributed by atoms with Gasteiger partial charge in [-0.2, -0.15) is 0 Å². The fourth-order valence-corrected chi connectivity index (χ4v) is 3.07. The SMILES string of the molecule is Cc1cn(C2O[C@H](CO)[C@@H](O)[C@@]2(C)O)c2ncnc(Cl)c12. The van der Waals surface area contributed by atoms with Crippen molar-refractivity contribution in [1.82, 2.24) is 14.5 Å². The zero-order valence-electron chi connectivity index (χ0n) is 11.6. The van der Waals surface area contributed by atoms with Crippen LogP contribution in [0, 0.1) is 6.92 Å². The minimum Gasteiger partial charge on any atom is -0.394 e. The second-order valence-electron chi connectivity index (χ2n) is 5.46. The van der Waals surface area contributed by atoms with Gasteiger partial charge >= 0.3 is 0 Å². The maximum Gasteiger partial charge on any atom is 0.167 e. The minimum absolute atomic E-state index is 0.313. The second-order valence-corrected chi connectivity index (χ2v) is 5.82. The Hall–Kier alpha value is -1.25. The van der Waals surface area contributed by atoms with Gasteiger partial charge in [-0.25, -0.2) is 9.97 Å². The predicted molar refractivity (Wildman–Crippen MR) is 74.9 cm³/mol. The molecule has 0 aromatic carbocycles. The quantitative estimate of drug-likeness (QED) is 0.694. The third kappa shape index (κ3) is 2.04. The Morgan fingerprint density at radius 1 is 1.48 bits per heavy atom. The van der Waals surface area contributed by atoms with E-state index in [1.54, 1.807) is 10.8 Å². The molecule has 8 heteroatoms. The maximum absolute atomic E-state index is 10.5. The zero-order valence-corrected chi connectivity index (χ0v) is 12.3. The van der Waals surface area contributed by atoms with Crippen molar-refractivity contribution in [2.24, 2.45) is 0 Å². The molecule has 1 aliphatic heterocycles. The predicted octanol–water partition coefficient (Wildman–Crippen LogP) is 0.395. The molecule has 7 nitrogen and oxygen atoms in total. The highest BCUT2D eigenvalue weighted by Crippen LogP contribution is 2.40. The van der Waals surface area contributed by atoms with E-state index in [-0.39, 0.29) is 6.61 Å². The number of rotatable bonds is 2. The average molecular weight is 314 g/mol. The molecule has 114 valence electrons. The number of aromatic nitrogens is 3. The molecule has 0 amide bonds. The molecule has 3 N–H and O–H groups in total. The van der Waals surface area contributed by atoms with Crippen LogP contribution in [-0.4, -0.2) is 54.3 Å². The first-order valence-corrected chi connectivity index (χ1v) is 6.90. The molecule has 0 bridgehead atoms. The fourth-order valence-electron chi connectivity index (χ4n) is 2.79. The van der Waals surface area contributed by atoms with Gasteiger partial charge in [-0.15, -0.1) is 0 Å². The summed E-state index contributed by atoms with van der Waals surface area (Å²) in [6.07, 6.45) is 0.107. The van der Waals surface area contributed by atoms with Gasteiger partial charge in [-0.3, -0.25) is 0 Å². The Labute approximate surface area is 125 Å². The number of hydrogen-bond acceptors (Lipinski definition) is 6. The Morgan fingerprint density at radius 3 is 2.81 bits per heavy atom. The molecule has 3 heterocycles. The Morgan fingerprint density at radius 2 is 2.19 bits per heavy atom. The summed E-state index contributed by atoms with van der Waals surface area (Å²) in [4.78, 5) is 8.12. The molecule has 0 saturated carbocycles. The van der Waals surface area contributed by atoms with Crippen molar-refractivity contribution < 1.29 is 20.1 Å². The lowest BCUT2D eigenvalue weighted by molar-refractivity contribution is -0.0948. The third-order valence-corrected chi connectivity index (χ3v) is 4.23. The van der Waals surface area contributed by atoms with Crippen LogP contribution in [0.15, 0.2) is 12.5 Å². The fraction of sp³-hybridized carbons (Fsp3) is 0.538. The molecule has 1 aliphatic rings. The van der Waals surface area contributed by atoms with Gasteiger partial charge in [0.2, 0.25) is 0 Å². The normalized spacial score (nSPS) is 33.0. The van der Waals surface area contributed by atoms with Crippen LogP contribution in [0.3, 0.4) is 0 Å². The lowest BCUT2D eigenvalue weighted by atomic mass is 9.96. The van der Waals surface area contributed by atoms with Gasteiger partial charge in [-0.1, -0.05) is 11.6 Å². The van der Waals surface area contributed by atoms with Crippen LogP contribution in [0.25, 0.3) is 11.0 Å². The van der Waals surface area contributed by atoms with Crippen LogP contribution in [0.5, 0.6) is 0 Å². The lowest BCUT2D eigenvalue weighted by Gasteiger charge is -2.27. The average Bonchev–Trinajstić information content (AvgIpc) is 2.87. The first kappa shape index (κ1) is 14.7. The summed E-state index contributed by atoms with van der Waals surface area (Å²) in [7, 11) is 0. The minimum atomic E-state index is -1.57. The van der Waals surface area contributed by atoms with Crippen LogP contribution >= 0.6 is 11.6 Å². The van der Waals surface area contributed by atoms with Crippen molar-refractivity contribution in [2.45, 2.75) is 37.9 Å². The van der Waals surface area contributed by atoms with Crippen LogP contribution in [0.4, 0.5) is 0 Å². The number of nitrogens with zero attached hydrogens (tertiary/aromatic N) is 3. The van der Waals surface area contributed by atoms with E-state index in [4.69, 9.17) is 16.3 Å². The number of ether oxygens (including phenoxy) is 1. The molecule has 1 unspecified atom stereocenters. The summed E-state index contributed by atoms with van der Waals surface area (Å²) < 4.78 is 7.20. The maximum atomic E-state index is 10.5. The molecule has 2 aromatic rings. The van der Waals surface area contributed by atoms with Crippen molar-refractivity contribution >= 4 is 22.6 Å². The first-order valence-electron chi connectivity index (χ1n) is 6.52. The summed E-state index contributed by atoms with van der Waals surface area (Å²) in [6.45, 7) is 2.92. The van der Waals surface area contributed by atoms with E-state index in [0.717, 1.165) is 5.56 Å². The topological polar surface area (TPSA) is 101 Å². The molecule has 0 spiro atoms. The van der Waals surface area contributed by atoms with Crippen LogP contribution < -0.4 is 0 Å². The number of halogens is 1. The lowest BCUT2D eigenvalue weighted by Crippen LogP contribution is -2.44. The second kappa shape index (κ2) is 4.89. The van der Waals surface area contributed by atoms with Gasteiger partial charge in [0.05, 0.1) is 12.0 Å². The van der Waals surface area contributed by atoms with Crippen LogP contribution in [0.1, 0.15) is 18.7 Å². The van der Waals surface area contributed by atoms with Gasteiger partial charge in [-0.05, 0) is 19.4 Å². The molecule has 0 radical (unpaired) electrons. The van der Waals surface area contributed by atoms with E-state index in [2.05, 4.69) is 9.97 Å². The number of aryl methyl sites for hydroxylation is 1. The summed E-state index contributed by atoms with van der Waals surface area (Å²) >= 11 is 6.08. The largest absolute Gasteiger partial charge is 0.394 e. The summed E-state index contributed by atoms with van der Waals surface area (Å²) in [5, 5.41) is 30.8.